The summed E-state index contributed by atoms with van der Waals surface area (Å²) < 4.78 is 156. The largest absolute Gasteiger partial charge is 0.515 e. The van der Waals surface area contributed by atoms with Crippen molar-refractivity contribution >= 4 is 138 Å². The van der Waals surface area contributed by atoms with E-state index in [4.69, 9.17) is 85.1 Å². The molecule has 0 amide bonds. The molecule has 0 N–H and O–H groups in total. The smallest absolute Gasteiger partial charge is 0.391 e. The maximum absolute atomic E-state index is 8.66. The molecule has 5 unspecified atom stereocenters. The van der Waals surface area contributed by atoms with E-state index < -0.39 is 96.4 Å². The minimum atomic E-state index is -5.26. The van der Waals surface area contributed by atoms with Gasteiger partial charge in [0, 0.05) is 82.1 Å². The van der Waals surface area contributed by atoms with Crippen LogP contribution in [0.2, 0.25) is 31.2 Å². The van der Waals surface area contributed by atoms with Gasteiger partial charge in [0.2, 0.25) is 0 Å². The summed E-state index contributed by atoms with van der Waals surface area (Å²) in [6.45, 7) is 6.02. The highest BCUT2D eigenvalue weighted by Gasteiger charge is 2.83. The van der Waals surface area contributed by atoms with Crippen LogP contribution >= 0.6 is 0 Å². The second kappa shape index (κ2) is 27.8. The topological polar surface area (TPSA) is 188 Å². The summed E-state index contributed by atoms with van der Waals surface area (Å²) in [6.07, 6.45) is 0.904. The molecule has 7 saturated heterocycles. The lowest BCUT2D eigenvalue weighted by molar-refractivity contribution is 0.0246. The second-order valence-corrected chi connectivity index (χ2v) is 57.5. The van der Waals surface area contributed by atoms with E-state index in [9.17, 15) is 0 Å². The highest BCUT2D eigenvalue weighted by molar-refractivity contribution is 7.12. The highest BCUT2D eigenvalue weighted by Crippen LogP contribution is 2.48. The quantitative estimate of drug-likeness (QED) is 0.0431. The van der Waals surface area contributed by atoms with Crippen LogP contribution in [0.15, 0.2) is 243 Å². The number of epoxide rings is 1. The molecule has 8 aromatic carbocycles. The Morgan fingerprint density at radius 1 is 0.305 bits per heavy atom. The molecule has 8 aromatic rings. The summed E-state index contributed by atoms with van der Waals surface area (Å²) >= 11 is 0. The number of ether oxygens (including phenoxy) is 3. The molecule has 7 aliphatic heterocycles. The molecule has 95 heavy (non-hydrogen) atoms. The van der Waals surface area contributed by atoms with Gasteiger partial charge in [0.1, 0.15) is 6.10 Å². The summed E-state index contributed by atoms with van der Waals surface area (Å²) in [5.41, 5.74) is 0. The van der Waals surface area contributed by atoms with Crippen molar-refractivity contribution in [3.8, 4) is 0 Å². The molecule has 0 aliphatic carbocycles. The minimum absolute atomic E-state index is 0.0382. The summed E-state index contributed by atoms with van der Waals surface area (Å²) in [7, 11) is -48.0. The van der Waals surface area contributed by atoms with Gasteiger partial charge >= 0.3 is 96.4 Å². The third kappa shape index (κ3) is 13.7. The van der Waals surface area contributed by atoms with Crippen LogP contribution in [0, 0.1) is 0 Å². The molecule has 0 saturated carbocycles. The predicted octanol–water partition coefficient (Wildman–Crippen LogP) is 5.29. The van der Waals surface area contributed by atoms with E-state index >= 15 is 0 Å². The predicted molar refractivity (Wildman–Crippen MR) is 375 cm³/mol. The Hall–Kier alpha value is -4.65. The van der Waals surface area contributed by atoms with Crippen molar-refractivity contribution in [2.24, 2.45) is 0 Å². The highest BCUT2D eigenvalue weighted by atomic mass is 28.6. The summed E-state index contributed by atoms with van der Waals surface area (Å²) in [5, 5.41) is 4.07. The maximum Gasteiger partial charge on any atom is 0.515 e. The van der Waals surface area contributed by atoms with E-state index in [-0.39, 0.29) is 25.4 Å². The third-order valence-electron chi connectivity index (χ3n) is 17.1. The summed E-state index contributed by atoms with van der Waals surface area (Å²) in [6, 6.07) is 78.6. The van der Waals surface area contributed by atoms with E-state index in [2.05, 4.69) is 0 Å². The van der Waals surface area contributed by atoms with E-state index in [0.29, 0.717) is 86.2 Å². The van der Waals surface area contributed by atoms with Gasteiger partial charge in [0.15, 0.2) is 0 Å². The molecule has 31 heteroatoms. The lowest BCUT2D eigenvalue weighted by atomic mass is 10.4. The zero-order chi connectivity index (χ0) is 65.2. The molecule has 5 atom stereocenters. The summed E-state index contributed by atoms with van der Waals surface area (Å²) in [4.78, 5) is 0. The Morgan fingerprint density at radius 3 is 0.726 bits per heavy atom. The summed E-state index contributed by atoms with van der Waals surface area (Å²) in [5.74, 6) is 0. The van der Waals surface area contributed by atoms with Gasteiger partial charge in [0.25, 0.3) is 0 Å². The average Bonchev–Trinajstić information content (AvgIpc) is 1.26. The molecule has 7 heterocycles. The molecular weight excluding hydrogens is 1400 g/mol. The van der Waals surface area contributed by atoms with Crippen molar-refractivity contribution in [2.75, 3.05) is 54.4 Å². The number of hydrogen-bond donors (Lipinski definition) is 0. The van der Waals surface area contributed by atoms with Crippen molar-refractivity contribution < 1.29 is 85.1 Å². The number of benzene rings is 8. The molecule has 7 aliphatic rings. The maximum atomic E-state index is 8.66. The van der Waals surface area contributed by atoms with Crippen LogP contribution in [-0.2, 0) is 85.1 Å². The number of hydrogen-bond acceptors (Lipinski definition) is 20. The standard InChI is InChI=1S/C64H76O20Si11/c1-65-87(66-2,67-3)53-50-68-48-30-51-85(4)71-88(57-32-14-6-15-33-57)75-92(61-40-22-10-23-41-61)79-90(59-36-18-8-19-37-59)73-86(5,52-31-49-69-54-56-55-70-56)74-91(60-38-20-9-21-39-60)81-94(83-92,63-44-26-12-27-45-63)77-89(72-85,58-34-16-7-17-35-58)78-95(82-91,64-46-28-13-29-47-64)84-93(76-88,80-90)62-42-24-11-25-43-62/h6-29,32-47,56H,30-31,48-55H2,1-5H3. The first-order valence-electron chi connectivity index (χ1n) is 31.9. The zero-order valence-corrected chi connectivity index (χ0v) is 64.4. The van der Waals surface area contributed by atoms with Gasteiger partial charge in [-0.25, -0.2) is 0 Å². The molecule has 20 nitrogen and oxygen atoms in total. The van der Waals surface area contributed by atoms with E-state index in [1.807, 2.05) is 256 Å². The Kier molecular flexibility index (Phi) is 19.8. The SMILES string of the molecule is CO[Si](CCOCCC[Si]1(C)O[Si]2(c3ccccc3)O[Si]3(c4ccccc4)O[Si]4(c5ccccc5)O[Si](C)(CCCOCC5CO5)O[Si]5(c6ccccc6)O[Si](c6ccccc6)(O[Si](c6ccccc6)(O1)O[Si](c1ccccc1)(O5)O[Si](c1ccccc1)(O2)O4)O3)(OC)OC. The third-order valence-corrected chi connectivity index (χ3v) is 63.4. The number of fused-ring (bicyclic) bond motifs is 4. The van der Waals surface area contributed by atoms with Gasteiger partial charge < -0.3 is 85.1 Å². The van der Waals surface area contributed by atoms with Crippen molar-refractivity contribution in [3.05, 3.63) is 243 Å². The van der Waals surface area contributed by atoms with Gasteiger partial charge in [-0.3, -0.25) is 0 Å². The molecule has 0 aromatic heterocycles. The fraction of sp³-hybridized carbons (Fsp3) is 0.250. The van der Waals surface area contributed by atoms with Crippen molar-refractivity contribution in [2.45, 2.75) is 50.2 Å². The molecule has 8 bridgehead atoms. The first kappa shape index (κ1) is 67.5. The van der Waals surface area contributed by atoms with Crippen LogP contribution in [0.5, 0.6) is 0 Å². The average molecular weight is 1470 g/mol. The van der Waals surface area contributed by atoms with Crippen molar-refractivity contribution in [1.82, 2.24) is 0 Å². The van der Waals surface area contributed by atoms with Crippen molar-refractivity contribution in [1.29, 1.82) is 0 Å². The van der Waals surface area contributed by atoms with Gasteiger partial charge in [-0.1, -0.05) is 243 Å². The van der Waals surface area contributed by atoms with Crippen LogP contribution in [0.1, 0.15) is 12.8 Å². The monoisotopic (exact) mass is 1470 g/mol. The first-order valence-corrected chi connectivity index (χ1v) is 52.7. The second-order valence-electron chi connectivity index (χ2n) is 24.0. The Balaban J connectivity index is 1.15. The molecule has 0 spiro atoms. The lowest BCUT2D eigenvalue weighted by Gasteiger charge is -2.61. The van der Waals surface area contributed by atoms with Crippen LogP contribution in [0.3, 0.4) is 0 Å². The zero-order valence-electron chi connectivity index (χ0n) is 53.4. The van der Waals surface area contributed by atoms with Crippen LogP contribution in [-0.4, -0.2) is 157 Å². The Morgan fingerprint density at radius 2 is 0.516 bits per heavy atom. The van der Waals surface area contributed by atoms with Gasteiger partial charge in [0.05, 0.1) is 19.8 Å². The Bertz CT molecular complexity index is 3490. The lowest BCUT2D eigenvalue weighted by Crippen LogP contribution is -2.93. The molecular formula is C64H76O20Si11. The van der Waals surface area contributed by atoms with Crippen LogP contribution in [0.4, 0.5) is 0 Å². The minimum Gasteiger partial charge on any atom is -0.391 e. The van der Waals surface area contributed by atoms with Crippen molar-refractivity contribution in [3.63, 3.8) is 0 Å². The van der Waals surface area contributed by atoms with Gasteiger partial charge in [-0.2, -0.15) is 0 Å². The Labute approximate surface area is 566 Å². The van der Waals surface area contributed by atoms with Crippen LogP contribution < -0.4 is 41.5 Å². The number of rotatable bonds is 24. The molecule has 0 radical (unpaired) electrons. The molecule has 15 rings (SSSR count). The first-order chi connectivity index (χ1) is 46.2. The fourth-order valence-electron chi connectivity index (χ4n) is 12.4. The fourth-order valence-corrected chi connectivity index (χ4v) is 70.6. The molecule has 7 fully saturated rings. The van der Waals surface area contributed by atoms with Gasteiger partial charge in [-0.15, -0.1) is 0 Å². The van der Waals surface area contributed by atoms with E-state index in [0.717, 1.165) is 0 Å². The van der Waals surface area contributed by atoms with E-state index in [1.165, 1.54) is 0 Å². The normalized spacial score (nSPS) is 32.7. The van der Waals surface area contributed by atoms with Gasteiger partial charge in [-0.05, 0) is 38.0 Å². The van der Waals surface area contributed by atoms with E-state index in [1.54, 1.807) is 21.3 Å². The van der Waals surface area contributed by atoms with Crippen LogP contribution in [0.25, 0.3) is 0 Å². The molecule has 496 valence electrons.